The second-order valence-electron chi connectivity index (χ2n) is 10.0. The molecule has 1 N–H and O–H groups in total. The molecule has 0 heterocycles. The number of hydrogen-bond donors (Lipinski definition) is 1. The number of rotatable bonds is 10. The number of amides is 1. The SMILES string of the molecule is CCCc1ccc(OCc2ccc(C)c(F)c2)cc1C(=O)NC(CC(C)C)c1cc(C)cc(C)c1. The standard InChI is InChI=1S/C31H38FNO2/c1-7-8-25-11-12-27(35-19-24-10-9-23(6)29(32)17-24)18-28(25)31(34)33-30(13-20(2)3)26-15-21(4)14-22(5)16-26/h9-12,14-18,20,30H,7-8,13,19H2,1-6H3,(H,33,34). The lowest BCUT2D eigenvalue weighted by Gasteiger charge is -2.23. The number of carbonyl (C=O) groups is 1. The Morgan fingerprint density at radius 1 is 0.971 bits per heavy atom. The van der Waals surface area contributed by atoms with Gasteiger partial charge in [0, 0.05) is 5.56 Å². The first-order valence-electron chi connectivity index (χ1n) is 12.6. The second kappa shape index (κ2) is 12.0. The van der Waals surface area contributed by atoms with Crippen LogP contribution in [-0.4, -0.2) is 5.91 Å². The molecule has 0 bridgehead atoms. The van der Waals surface area contributed by atoms with E-state index in [0.717, 1.165) is 36.0 Å². The molecule has 0 radical (unpaired) electrons. The van der Waals surface area contributed by atoms with Crippen LogP contribution in [0.5, 0.6) is 5.75 Å². The first-order chi connectivity index (χ1) is 16.7. The molecule has 0 saturated heterocycles. The minimum atomic E-state index is -0.243. The molecular weight excluding hydrogens is 437 g/mol. The largest absolute Gasteiger partial charge is 0.489 e. The van der Waals surface area contributed by atoms with Gasteiger partial charge < -0.3 is 10.1 Å². The van der Waals surface area contributed by atoms with E-state index in [1.54, 1.807) is 13.0 Å². The van der Waals surface area contributed by atoms with Crippen molar-refractivity contribution in [2.24, 2.45) is 5.92 Å². The van der Waals surface area contributed by atoms with Gasteiger partial charge in [-0.15, -0.1) is 0 Å². The summed E-state index contributed by atoms with van der Waals surface area (Å²) >= 11 is 0. The summed E-state index contributed by atoms with van der Waals surface area (Å²) in [4.78, 5) is 13.6. The maximum absolute atomic E-state index is 13.9. The molecule has 0 aliphatic carbocycles. The summed E-state index contributed by atoms with van der Waals surface area (Å²) in [7, 11) is 0. The summed E-state index contributed by atoms with van der Waals surface area (Å²) < 4.78 is 19.9. The Bertz CT molecular complexity index is 1150. The van der Waals surface area contributed by atoms with Crippen LogP contribution in [-0.2, 0) is 13.0 Å². The van der Waals surface area contributed by atoms with Crippen molar-refractivity contribution in [1.29, 1.82) is 0 Å². The van der Waals surface area contributed by atoms with Gasteiger partial charge in [-0.3, -0.25) is 4.79 Å². The summed E-state index contributed by atoms with van der Waals surface area (Å²) in [5.41, 5.74) is 6.52. The van der Waals surface area contributed by atoms with Gasteiger partial charge in [-0.1, -0.05) is 74.7 Å². The van der Waals surface area contributed by atoms with Gasteiger partial charge in [0.2, 0.25) is 0 Å². The Kier molecular flexibility index (Phi) is 9.08. The van der Waals surface area contributed by atoms with Gasteiger partial charge in [0.25, 0.3) is 5.91 Å². The maximum Gasteiger partial charge on any atom is 0.252 e. The Morgan fingerprint density at radius 2 is 1.69 bits per heavy atom. The lowest BCUT2D eigenvalue weighted by Crippen LogP contribution is -2.30. The molecule has 0 saturated carbocycles. The van der Waals surface area contributed by atoms with Crippen LogP contribution in [0.4, 0.5) is 4.39 Å². The summed E-state index contributed by atoms with van der Waals surface area (Å²) in [6.07, 6.45) is 2.60. The number of halogens is 1. The highest BCUT2D eigenvalue weighted by molar-refractivity contribution is 5.96. The zero-order valence-corrected chi connectivity index (χ0v) is 21.9. The smallest absolute Gasteiger partial charge is 0.252 e. The number of ether oxygens (including phenoxy) is 1. The predicted molar refractivity (Wildman–Crippen MR) is 141 cm³/mol. The molecule has 0 fully saturated rings. The number of aryl methyl sites for hydroxylation is 4. The fourth-order valence-electron chi connectivity index (χ4n) is 4.43. The molecule has 1 atom stereocenters. The Labute approximate surface area is 209 Å². The summed E-state index contributed by atoms with van der Waals surface area (Å²) in [5.74, 6) is 0.695. The van der Waals surface area contributed by atoms with Gasteiger partial charge >= 0.3 is 0 Å². The molecule has 1 unspecified atom stereocenters. The van der Waals surface area contributed by atoms with Crippen molar-refractivity contribution in [3.05, 3.63) is 99.4 Å². The van der Waals surface area contributed by atoms with Gasteiger partial charge in [0.15, 0.2) is 0 Å². The summed E-state index contributed by atoms with van der Waals surface area (Å²) in [6, 6.07) is 17.2. The number of benzene rings is 3. The van der Waals surface area contributed by atoms with Crippen molar-refractivity contribution in [3.8, 4) is 5.75 Å². The predicted octanol–water partition coefficient (Wildman–Crippen LogP) is 7.80. The lowest BCUT2D eigenvalue weighted by molar-refractivity contribution is 0.0930. The van der Waals surface area contributed by atoms with E-state index in [1.807, 2.05) is 24.3 Å². The van der Waals surface area contributed by atoms with Crippen LogP contribution in [0.25, 0.3) is 0 Å². The molecule has 4 heteroatoms. The fraction of sp³-hybridized carbons (Fsp3) is 0.387. The minimum absolute atomic E-state index is 0.0734. The van der Waals surface area contributed by atoms with Crippen molar-refractivity contribution in [2.75, 3.05) is 0 Å². The summed E-state index contributed by atoms with van der Waals surface area (Å²) in [5, 5.41) is 3.30. The molecule has 1 amide bonds. The van der Waals surface area contributed by atoms with E-state index in [0.29, 0.717) is 22.8 Å². The maximum atomic E-state index is 13.9. The Morgan fingerprint density at radius 3 is 2.31 bits per heavy atom. The number of hydrogen-bond acceptors (Lipinski definition) is 2. The van der Waals surface area contributed by atoms with Gasteiger partial charge in [-0.2, -0.15) is 0 Å². The molecule has 0 spiro atoms. The third-order valence-electron chi connectivity index (χ3n) is 6.15. The van der Waals surface area contributed by atoms with Crippen LogP contribution < -0.4 is 10.1 Å². The lowest BCUT2D eigenvalue weighted by atomic mass is 9.93. The zero-order chi connectivity index (χ0) is 25.5. The van der Waals surface area contributed by atoms with Crippen LogP contribution in [0, 0.1) is 32.5 Å². The third kappa shape index (κ3) is 7.42. The van der Waals surface area contributed by atoms with E-state index in [4.69, 9.17) is 4.74 Å². The molecule has 3 aromatic rings. The van der Waals surface area contributed by atoms with Gasteiger partial charge in [0.1, 0.15) is 18.2 Å². The topological polar surface area (TPSA) is 38.3 Å². The van der Waals surface area contributed by atoms with Gasteiger partial charge in [0.05, 0.1) is 6.04 Å². The Balaban J connectivity index is 1.85. The first-order valence-corrected chi connectivity index (χ1v) is 12.6. The van der Waals surface area contributed by atoms with E-state index >= 15 is 0 Å². The minimum Gasteiger partial charge on any atom is -0.489 e. The molecule has 35 heavy (non-hydrogen) atoms. The van der Waals surface area contributed by atoms with E-state index in [9.17, 15) is 9.18 Å². The molecular formula is C31H38FNO2. The molecule has 0 aliphatic heterocycles. The van der Waals surface area contributed by atoms with Crippen molar-refractivity contribution in [1.82, 2.24) is 5.32 Å². The van der Waals surface area contributed by atoms with Crippen molar-refractivity contribution < 1.29 is 13.9 Å². The van der Waals surface area contributed by atoms with Crippen LogP contribution >= 0.6 is 0 Å². The first kappa shape index (κ1) is 26.5. The average molecular weight is 476 g/mol. The van der Waals surface area contributed by atoms with E-state index in [1.165, 1.54) is 17.2 Å². The Hall–Kier alpha value is -3.14. The molecule has 3 nitrogen and oxygen atoms in total. The average Bonchev–Trinajstić information content (AvgIpc) is 2.79. The van der Waals surface area contributed by atoms with Crippen LogP contribution in [0.15, 0.2) is 54.6 Å². The van der Waals surface area contributed by atoms with Crippen molar-refractivity contribution in [3.63, 3.8) is 0 Å². The molecule has 0 aliphatic rings. The second-order valence-corrected chi connectivity index (χ2v) is 10.0. The zero-order valence-electron chi connectivity index (χ0n) is 21.9. The van der Waals surface area contributed by atoms with Gasteiger partial charge in [-0.05, 0) is 80.0 Å². The van der Waals surface area contributed by atoms with E-state index in [2.05, 4.69) is 58.1 Å². The number of carbonyl (C=O) groups excluding carboxylic acids is 1. The van der Waals surface area contributed by atoms with Crippen molar-refractivity contribution >= 4 is 5.91 Å². The van der Waals surface area contributed by atoms with Gasteiger partial charge in [-0.25, -0.2) is 4.39 Å². The highest BCUT2D eigenvalue weighted by Crippen LogP contribution is 2.26. The molecule has 186 valence electrons. The normalized spacial score (nSPS) is 12.0. The summed E-state index contributed by atoms with van der Waals surface area (Å²) in [6.45, 7) is 12.6. The van der Waals surface area contributed by atoms with E-state index in [-0.39, 0.29) is 24.4 Å². The van der Waals surface area contributed by atoms with E-state index < -0.39 is 0 Å². The van der Waals surface area contributed by atoms with Crippen LogP contribution in [0.1, 0.15) is 83.4 Å². The number of nitrogens with one attached hydrogen (secondary N) is 1. The molecule has 3 aromatic carbocycles. The van der Waals surface area contributed by atoms with Crippen LogP contribution in [0.3, 0.4) is 0 Å². The molecule has 0 aromatic heterocycles. The fourth-order valence-corrected chi connectivity index (χ4v) is 4.43. The highest BCUT2D eigenvalue weighted by Gasteiger charge is 2.20. The van der Waals surface area contributed by atoms with Crippen molar-refractivity contribution in [2.45, 2.75) is 73.5 Å². The van der Waals surface area contributed by atoms with Crippen LogP contribution in [0.2, 0.25) is 0 Å². The quantitative estimate of drug-likeness (QED) is 0.325. The third-order valence-corrected chi connectivity index (χ3v) is 6.15. The highest BCUT2D eigenvalue weighted by atomic mass is 19.1. The molecule has 3 rings (SSSR count). The monoisotopic (exact) mass is 475 g/mol.